The normalized spacial score (nSPS) is 15.9. The van der Waals surface area contributed by atoms with Crippen molar-refractivity contribution < 1.29 is 28.2 Å². The summed E-state index contributed by atoms with van der Waals surface area (Å²) in [4.78, 5) is 40.9. The average molecular weight is 483 g/mol. The van der Waals surface area contributed by atoms with Gasteiger partial charge in [0, 0.05) is 6.54 Å². The molecule has 0 unspecified atom stereocenters. The van der Waals surface area contributed by atoms with Gasteiger partial charge in [-0.1, -0.05) is 29.8 Å². The van der Waals surface area contributed by atoms with Crippen LogP contribution in [0.25, 0.3) is 11.0 Å². The number of hydrogen-bond donors (Lipinski definition) is 0. The smallest absolute Gasteiger partial charge is 0.337 e. The number of hydrogen-bond acceptors (Lipinski definition) is 7. The van der Waals surface area contributed by atoms with Gasteiger partial charge in [0.2, 0.25) is 12.6 Å². The molecule has 3 aromatic carbocycles. The number of carbonyl (C=O) groups excluding carboxylic acids is 2. The number of nitrogens with zero attached hydrogens (tertiary/aromatic N) is 1. The van der Waals surface area contributed by atoms with Crippen LogP contribution in [0.15, 0.2) is 69.9 Å². The standard InChI is InChI=1S/C28H21NO7/c1-15-3-9-20-19(11-15)25(30)23-24(17-5-7-18(8-6-17)28(32)33-2)29(27(31)26(23)36-20)13-16-4-10-21-22(12-16)35-14-34-21/h3-12,24H,13-14H2,1-2H3/t24-/m0/s1. The van der Waals surface area contributed by atoms with Gasteiger partial charge in [-0.2, -0.15) is 0 Å². The van der Waals surface area contributed by atoms with E-state index in [1.165, 1.54) is 7.11 Å². The number of rotatable bonds is 4. The molecule has 3 heterocycles. The third-order valence-corrected chi connectivity index (χ3v) is 6.56. The van der Waals surface area contributed by atoms with Gasteiger partial charge in [-0.05, 0) is 54.4 Å². The van der Waals surface area contributed by atoms with Gasteiger partial charge in [-0.3, -0.25) is 9.59 Å². The molecule has 1 atom stereocenters. The largest absolute Gasteiger partial charge is 0.465 e. The molecule has 0 aliphatic carbocycles. The summed E-state index contributed by atoms with van der Waals surface area (Å²) < 4.78 is 21.7. The molecule has 6 rings (SSSR count). The van der Waals surface area contributed by atoms with Crippen molar-refractivity contribution in [3.05, 3.63) is 104 Å². The van der Waals surface area contributed by atoms with Crippen LogP contribution in [0.1, 0.15) is 49.2 Å². The second kappa shape index (κ2) is 8.27. The third-order valence-electron chi connectivity index (χ3n) is 6.56. The lowest BCUT2D eigenvalue weighted by Crippen LogP contribution is -2.29. The van der Waals surface area contributed by atoms with Crippen molar-refractivity contribution in [3.63, 3.8) is 0 Å². The maximum absolute atomic E-state index is 13.7. The van der Waals surface area contributed by atoms with E-state index >= 15 is 0 Å². The minimum absolute atomic E-state index is 0.0270. The maximum atomic E-state index is 13.7. The zero-order valence-electron chi connectivity index (χ0n) is 19.6. The molecule has 36 heavy (non-hydrogen) atoms. The quantitative estimate of drug-likeness (QED) is 0.398. The van der Waals surface area contributed by atoms with Gasteiger partial charge in [0.25, 0.3) is 5.91 Å². The second-order valence-corrected chi connectivity index (χ2v) is 8.81. The van der Waals surface area contributed by atoms with Crippen LogP contribution in [-0.2, 0) is 11.3 Å². The monoisotopic (exact) mass is 483 g/mol. The van der Waals surface area contributed by atoms with E-state index in [9.17, 15) is 14.4 Å². The van der Waals surface area contributed by atoms with Gasteiger partial charge in [-0.25, -0.2) is 4.79 Å². The zero-order chi connectivity index (χ0) is 25.0. The molecule has 0 spiro atoms. The van der Waals surface area contributed by atoms with Crippen molar-refractivity contribution >= 4 is 22.8 Å². The molecule has 0 saturated heterocycles. The first kappa shape index (κ1) is 21.9. The topological polar surface area (TPSA) is 95.3 Å². The maximum Gasteiger partial charge on any atom is 0.337 e. The number of ether oxygens (including phenoxy) is 3. The Labute approximate surface area is 205 Å². The summed E-state index contributed by atoms with van der Waals surface area (Å²) in [5, 5.41) is 0.419. The van der Waals surface area contributed by atoms with E-state index in [1.54, 1.807) is 47.4 Å². The van der Waals surface area contributed by atoms with Crippen LogP contribution in [0.4, 0.5) is 0 Å². The van der Waals surface area contributed by atoms with Crippen molar-refractivity contribution in [2.75, 3.05) is 13.9 Å². The third kappa shape index (κ3) is 3.41. The Kier molecular flexibility index (Phi) is 5.03. The number of esters is 1. The lowest BCUT2D eigenvalue weighted by Gasteiger charge is -2.25. The van der Waals surface area contributed by atoms with Crippen LogP contribution in [-0.4, -0.2) is 30.7 Å². The fraction of sp³-hybridized carbons (Fsp3) is 0.179. The minimum Gasteiger partial charge on any atom is -0.465 e. The number of aryl methyl sites for hydroxylation is 1. The van der Waals surface area contributed by atoms with Crippen molar-refractivity contribution in [2.45, 2.75) is 19.5 Å². The van der Waals surface area contributed by atoms with Crippen LogP contribution < -0.4 is 14.9 Å². The highest BCUT2D eigenvalue weighted by Crippen LogP contribution is 2.40. The van der Waals surface area contributed by atoms with Crippen LogP contribution >= 0.6 is 0 Å². The number of fused-ring (bicyclic) bond motifs is 3. The van der Waals surface area contributed by atoms with E-state index in [-0.39, 0.29) is 36.0 Å². The number of methoxy groups -OCH3 is 1. The van der Waals surface area contributed by atoms with Gasteiger partial charge < -0.3 is 23.5 Å². The number of amides is 1. The molecule has 0 N–H and O–H groups in total. The first-order valence-electron chi connectivity index (χ1n) is 11.4. The zero-order valence-corrected chi connectivity index (χ0v) is 19.6. The molecule has 0 bridgehead atoms. The predicted molar refractivity (Wildman–Crippen MR) is 129 cm³/mol. The Balaban J connectivity index is 1.50. The van der Waals surface area contributed by atoms with E-state index in [2.05, 4.69) is 0 Å². The van der Waals surface area contributed by atoms with E-state index in [4.69, 9.17) is 18.6 Å². The van der Waals surface area contributed by atoms with Gasteiger partial charge in [-0.15, -0.1) is 0 Å². The van der Waals surface area contributed by atoms with Crippen LogP contribution in [0, 0.1) is 6.92 Å². The Morgan fingerprint density at radius 3 is 2.56 bits per heavy atom. The van der Waals surface area contributed by atoms with Crippen LogP contribution in [0.5, 0.6) is 11.5 Å². The summed E-state index contributed by atoms with van der Waals surface area (Å²) in [7, 11) is 1.31. The molecule has 0 fully saturated rings. The summed E-state index contributed by atoms with van der Waals surface area (Å²) >= 11 is 0. The van der Waals surface area contributed by atoms with E-state index in [0.29, 0.717) is 33.6 Å². The molecule has 8 nitrogen and oxygen atoms in total. The van der Waals surface area contributed by atoms with Gasteiger partial charge in [0.15, 0.2) is 16.9 Å². The highest BCUT2D eigenvalue weighted by Gasteiger charge is 2.43. The SMILES string of the molecule is COC(=O)c1ccc([C@H]2c3c(oc4ccc(C)cc4c3=O)C(=O)N2Cc2ccc3c(c2)OCO3)cc1. The molecular formula is C28H21NO7. The van der Waals surface area contributed by atoms with Crippen molar-refractivity contribution in [2.24, 2.45) is 0 Å². The van der Waals surface area contributed by atoms with Crippen molar-refractivity contribution in [1.29, 1.82) is 0 Å². The lowest BCUT2D eigenvalue weighted by molar-refractivity contribution is 0.0599. The number of carbonyl (C=O) groups is 2. The van der Waals surface area contributed by atoms with Gasteiger partial charge >= 0.3 is 5.97 Å². The van der Waals surface area contributed by atoms with Gasteiger partial charge in [0.1, 0.15) is 5.58 Å². The molecule has 4 aromatic rings. The Morgan fingerprint density at radius 1 is 1.00 bits per heavy atom. The average Bonchev–Trinajstić information content (AvgIpc) is 3.47. The fourth-order valence-corrected chi connectivity index (χ4v) is 4.80. The molecule has 1 aromatic heterocycles. The predicted octanol–water partition coefficient (Wildman–Crippen LogP) is 4.36. The van der Waals surface area contributed by atoms with Crippen molar-refractivity contribution in [1.82, 2.24) is 4.90 Å². The van der Waals surface area contributed by atoms with Crippen LogP contribution in [0.2, 0.25) is 0 Å². The molecule has 2 aliphatic heterocycles. The molecule has 180 valence electrons. The Hall–Kier alpha value is -4.59. The summed E-state index contributed by atoms with van der Waals surface area (Å²) in [5.74, 6) is 0.417. The van der Waals surface area contributed by atoms with Gasteiger partial charge in [0.05, 0.1) is 29.7 Å². The molecule has 8 heteroatoms. The number of benzene rings is 3. The molecule has 0 saturated carbocycles. The summed E-state index contributed by atoms with van der Waals surface area (Å²) in [5.41, 5.74) is 3.16. The van der Waals surface area contributed by atoms with Crippen molar-refractivity contribution in [3.8, 4) is 11.5 Å². The highest BCUT2D eigenvalue weighted by molar-refractivity contribution is 5.99. The molecular weight excluding hydrogens is 462 g/mol. The van der Waals surface area contributed by atoms with E-state index in [0.717, 1.165) is 11.1 Å². The fourth-order valence-electron chi connectivity index (χ4n) is 4.80. The Morgan fingerprint density at radius 2 is 1.78 bits per heavy atom. The summed E-state index contributed by atoms with van der Waals surface area (Å²) in [6, 6.07) is 16.8. The highest BCUT2D eigenvalue weighted by atomic mass is 16.7. The second-order valence-electron chi connectivity index (χ2n) is 8.81. The van der Waals surface area contributed by atoms with Crippen LogP contribution in [0.3, 0.4) is 0 Å². The minimum atomic E-state index is -0.703. The summed E-state index contributed by atoms with van der Waals surface area (Å²) in [6.07, 6.45) is 0. The molecule has 2 aliphatic rings. The van der Waals surface area contributed by atoms with E-state index < -0.39 is 12.0 Å². The first-order chi connectivity index (χ1) is 17.4. The molecule has 1 amide bonds. The summed E-state index contributed by atoms with van der Waals surface area (Å²) in [6.45, 7) is 2.25. The Bertz CT molecular complexity index is 1600. The lowest BCUT2D eigenvalue weighted by atomic mass is 9.97. The molecule has 0 radical (unpaired) electrons. The van der Waals surface area contributed by atoms with E-state index in [1.807, 2.05) is 25.1 Å². The first-order valence-corrected chi connectivity index (χ1v) is 11.4.